The van der Waals surface area contributed by atoms with Crippen LogP contribution < -0.4 is 5.73 Å². The first kappa shape index (κ1) is 14.3. The maximum atomic E-state index is 6.00. The van der Waals surface area contributed by atoms with E-state index >= 15 is 0 Å². The molecular weight excluding hydrogens is 312 g/mol. The van der Waals surface area contributed by atoms with E-state index in [1.54, 1.807) is 0 Å². The van der Waals surface area contributed by atoms with Crippen LogP contribution in [0.5, 0.6) is 0 Å². The number of rotatable bonds is 4. The molecule has 2 rings (SSSR count). The van der Waals surface area contributed by atoms with Gasteiger partial charge in [0.05, 0.1) is 0 Å². The van der Waals surface area contributed by atoms with Crippen molar-refractivity contribution in [2.75, 3.05) is 13.6 Å². The Morgan fingerprint density at radius 1 is 1.44 bits per heavy atom. The highest BCUT2D eigenvalue weighted by atomic mass is 79.9. The van der Waals surface area contributed by atoms with E-state index in [-0.39, 0.29) is 6.04 Å². The molecule has 0 spiro atoms. The zero-order valence-electron chi connectivity index (χ0n) is 10.7. The van der Waals surface area contributed by atoms with Gasteiger partial charge >= 0.3 is 0 Å². The second-order valence-electron chi connectivity index (χ2n) is 5.02. The smallest absolute Gasteiger partial charge is 0.0481 e. The highest BCUT2D eigenvalue weighted by Crippen LogP contribution is 2.33. The highest BCUT2D eigenvalue weighted by Gasteiger charge is 2.26. The van der Waals surface area contributed by atoms with Gasteiger partial charge in [-0.25, -0.2) is 0 Å². The molecule has 100 valence electrons. The third-order valence-corrected chi connectivity index (χ3v) is 4.86. The summed E-state index contributed by atoms with van der Waals surface area (Å²) in [5, 5.41) is 0.755. The van der Waals surface area contributed by atoms with Gasteiger partial charge in [0.2, 0.25) is 0 Å². The van der Waals surface area contributed by atoms with Gasteiger partial charge in [0.25, 0.3) is 0 Å². The van der Waals surface area contributed by atoms with E-state index in [0.29, 0.717) is 12.6 Å². The molecule has 1 aliphatic rings. The maximum Gasteiger partial charge on any atom is 0.0481 e. The van der Waals surface area contributed by atoms with Crippen molar-refractivity contribution in [1.82, 2.24) is 4.90 Å². The molecule has 1 saturated carbocycles. The van der Waals surface area contributed by atoms with E-state index in [0.717, 1.165) is 9.50 Å². The molecule has 1 aromatic rings. The van der Waals surface area contributed by atoms with Crippen LogP contribution in [0, 0.1) is 0 Å². The molecule has 0 radical (unpaired) electrons. The predicted molar refractivity (Wildman–Crippen MR) is 81.0 cm³/mol. The Bertz CT molecular complexity index is 405. The lowest BCUT2D eigenvalue weighted by atomic mass is 10.0. The van der Waals surface area contributed by atoms with E-state index in [1.807, 2.05) is 12.1 Å². The molecule has 0 amide bonds. The van der Waals surface area contributed by atoms with Crippen LogP contribution in [-0.2, 0) is 0 Å². The van der Waals surface area contributed by atoms with Crippen molar-refractivity contribution in [3.63, 3.8) is 0 Å². The molecule has 18 heavy (non-hydrogen) atoms. The van der Waals surface area contributed by atoms with Gasteiger partial charge in [0, 0.05) is 28.1 Å². The minimum Gasteiger partial charge on any atom is -0.329 e. The van der Waals surface area contributed by atoms with Crippen LogP contribution in [0.25, 0.3) is 0 Å². The molecular formula is C14H20BrClN2. The maximum absolute atomic E-state index is 6.00. The van der Waals surface area contributed by atoms with Crippen LogP contribution in [0.3, 0.4) is 0 Å². The number of hydrogen-bond acceptors (Lipinski definition) is 2. The quantitative estimate of drug-likeness (QED) is 0.904. The zero-order valence-corrected chi connectivity index (χ0v) is 13.0. The van der Waals surface area contributed by atoms with Gasteiger partial charge in [-0.15, -0.1) is 0 Å². The van der Waals surface area contributed by atoms with Crippen LogP contribution in [0.15, 0.2) is 22.7 Å². The van der Waals surface area contributed by atoms with Crippen molar-refractivity contribution in [3.8, 4) is 0 Å². The minimum absolute atomic E-state index is 0.264. The van der Waals surface area contributed by atoms with Crippen molar-refractivity contribution >= 4 is 27.5 Å². The zero-order chi connectivity index (χ0) is 13.1. The molecule has 4 heteroatoms. The third-order valence-electron chi connectivity index (χ3n) is 3.94. The molecule has 1 atom stereocenters. The standard InChI is InChI=1S/C14H20BrClN2/c1-18(11-4-2-3-5-11)14(9-17)12-7-6-10(16)8-13(12)15/h6-8,11,14H,2-5,9,17H2,1H3. The largest absolute Gasteiger partial charge is 0.329 e. The average Bonchev–Trinajstić information content (AvgIpc) is 2.86. The number of nitrogens with two attached hydrogens (primary N) is 1. The number of nitrogens with zero attached hydrogens (tertiary/aromatic N) is 1. The van der Waals surface area contributed by atoms with E-state index in [2.05, 4.69) is 33.9 Å². The van der Waals surface area contributed by atoms with Gasteiger partial charge in [-0.1, -0.05) is 46.4 Å². The number of halogens is 2. The molecule has 1 aliphatic carbocycles. The summed E-state index contributed by atoms with van der Waals surface area (Å²) in [5.41, 5.74) is 7.22. The lowest BCUT2D eigenvalue weighted by molar-refractivity contribution is 0.179. The summed E-state index contributed by atoms with van der Waals surface area (Å²) in [7, 11) is 2.19. The summed E-state index contributed by atoms with van der Waals surface area (Å²) in [5.74, 6) is 0. The topological polar surface area (TPSA) is 29.3 Å². The Morgan fingerprint density at radius 2 is 2.11 bits per heavy atom. The van der Waals surface area contributed by atoms with E-state index in [9.17, 15) is 0 Å². The second kappa shape index (κ2) is 6.38. The fourth-order valence-electron chi connectivity index (χ4n) is 2.85. The summed E-state index contributed by atoms with van der Waals surface area (Å²) in [6.45, 7) is 0.632. The SMILES string of the molecule is CN(C1CCCC1)C(CN)c1ccc(Cl)cc1Br. The Balaban J connectivity index is 2.21. The van der Waals surface area contributed by atoms with Crippen LogP contribution in [-0.4, -0.2) is 24.5 Å². The Labute approximate surface area is 123 Å². The van der Waals surface area contributed by atoms with Gasteiger partial charge < -0.3 is 5.73 Å². The van der Waals surface area contributed by atoms with Crippen molar-refractivity contribution in [1.29, 1.82) is 0 Å². The highest BCUT2D eigenvalue weighted by molar-refractivity contribution is 9.10. The van der Waals surface area contributed by atoms with Gasteiger partial charge in [-0.3, -0.25) is 4.90 Å². The van der Waals surface area contributed by atoms with Gasteiger partial charge in [-0.05, 0) is 37.6 Å². The van der Waals surface area contributed by atoms with Crippen LogP contribution in [0.1, 0.15) is 37.3 Å². The van der Waals surface area contributed by atoms with E-state index in [4.69, 9.17) is 17.3 Å². The number of hydrogen-bond donors (Lipinski definition) is 1. The fraction of sp³-hybridized carbons (Fsp3) is 0.571. The first-order valence-electron chi connectivity index (χ1n) is 6.50. The lowest BCUT2D eigenvalue weighted by Gasteiger charge is -2.33. The van der Waals surface area contributed by atoms with Gasteiger partial charge in [0.1, 0.15) is 0 Å². The molecule has 0 aromatic heterocycles. The summed E-state index contributed by atoms with van der Waals surface area (Å²) >= 11 is 9.60. The summed E-state index contributed by atoms with van der Waals surface area (Å²) in [6.07, 6.45) is 5.26. The third kappa shape index (κ3) is 3.08. The van der Waals surface area contributed by atoms with Crippen molar-refractivity contribution in [2.45, 2.75) is 37.8 Å². The summed E-state index contributed by atoms with van der Waals surface area (Å²) in [4.78, 5) is 2.43. The fourth-order valence-corrected chi connectivity index (χ4v) is 3.80. The molecule has 0 saturated heterocycles. The lowest BCUT2D eigenvalue weighted by Crippen LogP contribution is -2.37. The van der Waals surface area contributed by atoms with Crippen molar-refractivity contribution in [3.05, 3.63) is 33.3 Å². The van der Waals surface area contributed by atoms with Crippen LogP contribution in [0.2, 0.25) is 5.02 Å². The average molecular weight is 332 g/mol. The minimum atomic E-state index is 0.264. The summed E-state index contributed by atoms with van der Waals surface area (Å²) < 4.78 is 1.05. The molecule has 0 bridgehead atoms. The van der Waals surface area contributed by atoms with Crippen LogP contribution in [0.4, 0.5) is 0 Å². The predicted octanol–water partition coefficient (Wildman–Crippen LogP) is 3.98. The molecule has 1 fully saturated rings. The first-order chi connectivity index (χ1) is 8.63. The first-order valence-corrected chi connectivity index (χ1v) is 7.67. The number of benzene rings is 1. The second-order valence-corrected chi connectivity index (χ2v) is 6.31. The molecule has 0 aliphatic heterocycles. The monoisotopic (exact) mass is 330 g/mol. The van der Waals surface area contributed by atoms with E-state index in [1.165, 1.54) is 31.2 Å². The molecule has 0 heterocycles. The Morgan fingerprint density at radius 3 is 2.67 bits per heavy atom. The normalized spacial score (nSPS) is 18.5. The summed E-state index contributed by atoms with van der Waals surface area (Å²) in [6, 6.07) is 6.89. The Hall–Kier alpha value is -0.0900. The molecule has 2 nitrogen and oxygen atoms in total. The van der Waals surface area contributed by atoms with Crippen molar-refractivity contribution in [2.24, 2.45) is 5.73 Å². The van der Waals surface area contributed by atoms with E-state index < -0.39 is 0 Å². The van der Waals surface area contributed by atoms with Crippen LogP contribution >= 0.6 is 27.5 Å². The van der Waals surface area contributed by atoms with Gasteiger partial charge in [-0.2, -0.15) is 0 Å². The molecule has 2 N–H and O–H groups in total. The molecule has 1 aromatic carbocycles. The van der Waals surface area contributed by atoms with Gasteiger partial charge in [0.15, 0.2) is 0 Å². The molecule has 1 unspecified atom stereocenters. The van der Waals surface area contributed by atoms with Crippen molar-refractivity contribution < 1.29 is 0 Å². The number of likely N-dealkylation sites (N-methyl/N-ethyl adjacent to an activating group) is 1. The Kier molecular flexibility index (Phi) is 5.07.